The molecule has 198 valence electrons. The molecule has 0 saturated heterocycles. The van der Waals surface area contributed by atoms with Gasteiger partial charge in [0, 0.05) is 5.41 Å². The SMILES string of the molecule is CC(C)(C)c1ccccc1C(CCCB(O)O)(c1ccccc1C(C)(C)C)c1ccccc1C(C)(C)C. The fourth-order valence-electron chi connectivity index (χ4n) is 5.92. The molecule has 3 aromatic carbocycles. The summed E-state index contributed by atoms with van der Waals surface area (Å²) in [6, 6.07) is 26.7. The summed E-state index contributed by atoms with van der Waals surface area (Å²) in [5.41, 5.74) is 7.25. The third kappa shape index (κ3) is 6.21. The second kappa shape index (κ2) is 10.8. The third-order valence-corrected chi connectivity index (χ3v) is 7.60. The predicted octanol–water partition coefficient (Wildman–Crippen LogP) is 8.17. The van der Waals surface area contributed by atoms with Gasteiger partial charge in [-0.1, -0.05) is 142 Å². The van der Waals surface area contributed by atoms with Crippen LogP contribution >= 0.6 is 0 Å². The minimum atomic E-state index is -1.31. The summed E-state index contributed by atoms with van der Waals surface area (Å²) in [6.07, 6.45) is 1.81. The summed E-state index contributed by atoms with van der Waals surface area (Å²) in [6.45, 7) is 20.6. The van der Waals surface area contributed by atoms with Crippen molar-refractivity contribution in [3.05, 3.63) is 106 Å². The Morgan fingerprint density at radius 2 is 0.757 bits per heavy atom. The zero-order valence-corrected chi connectivity index (χ0v) is 24.5. The van der Waals surface area contributed by atoms with Gasteiger partial charge in [0.15, 0.2) is 0 Å². The van der Waals surface area contributed by atoms with E-state index in [-0.39, 0.29) is 16.2 Å². The molecule has 0 heterocycles. The van der Waals surface area contributed by atoms with Gasteiger partial charge in [-0.25, -0.2) is 0 Å². The Bertz CT molecular complexity index is 1050. The highest BCUT2D eigenvalue weighted by Crippen LogP contribution is 2.51. The average Bonchev–Trinajstić information content (AvgIpc) is 2.80. The van der Waals surface area contributed by atoms with Gasteiger partial charge in [-0.05, 0) is 62.4 Å². The van der Waals surface area contributed by atoms with Crippen molar-refractivity contribution >= 4 is 7.12 Å². The van der Waals surface area contributed by atoms with Crippen molar-refractivity contribution in [2.75, 3.05) is 0 Å². The van der Waals surface area contributed by atoms with Crippen LogP contribution in [0.5, 0.6) is 0 Å². The molecule has 0 radical (unpaired) electrons. The Morgan fingerprint density at radius 3 is 1.00 bits per heavy atom. The zero-order valence-electron chi connectivity index (χ0n) is 24.5. The second-order valence-electron chi connectivity index (χ2n) is 13.7. The maximum absolute atomic E-state index is 9.87. The zero-order chi connectivity index (χ0) is 27.6. The van der Waals surface area contributed by atoms with Gasteiger partial charge in [-0.15, -0.1) is 0 Å². The topological polar surface area (TPSA) is 40.5 Å². The molecule has 0 aliphatic carbocycles. The molecular weight excluding hydrogens is 451 g/mol. The van der Waals surface area contributed by atoms with Crippen molar-refractivity contribution in [3.63, 3.8) is 0 Å². The lowest BCUT2D eigenvalue weighted by molar-refractivity contribution is 0.396. The van der Waals surface area contributed by atoms with E-state index in [1.165, 1.54) is 33.4 Å². The quantitative estimate of drug-likeness (QED) is 0.255. The molecule has 0 aliphatic rings. The van der Waals surface area contributed by atoms with E-state index < -0.39 is 12.5 Å². The van der Waals surface area contributed by atoms with Crippen molar-refractivity contribution < 1.29 is 10.0 Å². The minimum absolute atomic E-state index is 0.0638. The van der Waals surface area contributed by atoms with Crippen LogP contribution in [0.2, 0.25) is 6.32 Å². The van der Waals surface area contributed by atoms with Crippen molar-refractivity contribution in [1.82, 2.24) is 0 Å². The fraction of sp³-hybridized carbons (Fsp3) is 0.471. The summed E-state index contributed by atoms with van der Waals surface area (Å²) in [7, 11) is -1.31. The predicted molar refractivity (Wildman–Crippen MR) is 160 cm³/mol. The van der Waals surface area contributed by atoms with Crippen molar-refractivity contribution in [3.8, 4) is 0 Å². The molecule has 0 saturated carbocycles. The number of benzene rings is 3. The van der Waals surface area contributed by atoms with Gasteiger partial charge in [-0.2, -0.15) is 0 Å². The molecule has 2 N–H and O–H groups in total. The van der Waals surface area contributed by atoms with Crippen LogP contribution in [-0.2, 0) is 21.7 Å². The van der Waals surface area contributed by atoms with Gasteiger partial charge in [-0.3, -0.25) is 0 Å². The molecule has 0 atom stereocenters. The molecule has 37 heavy (non-hydrogen) atoms. The summed E-state index contributed by atoms with van der Waals surface area (Å²) < 4.78 is 0. The minimum Gasteiger partial charge on any atom is -0.427 e. The lowest BCUT2D eigenvalue weighted by Crippen LogP contribution is -2.38. The Balaban J connectivity index is 2.59. The largest absolute Gasteiger partial charge is 0.451 e. The molecule has 3 rings (SSSR count). The molecule has 0 unspecified atom stereocenters. The van der Waals surface area contributed by atoms with E-state index in [1.54, 1.807) is 0 Å². The average molecular weight is 499 g/mol. The Hall–Kier alpha value is -2.36. The van der Waals surface area contributed by atoms with E-state index in [1.807, 2.05) is 0 Å². The van der Waals surface area contributed by atoms with Gasteiger partial charge in [0.25, 0.3) is 0 Å². The molecule has 3 heteroatoms. The maximum Gasteiger partial charge on any atom is 0.451 e. The van der Waals surface area contributed by atoms with Crippen molar-refractivity contribution in [2.45, 2.75) is 103 Å². The monoisotopic (exact) mass is 498 g/mol. The van der Waals surface area contributed by atoms with Gasteiger partial charge >= 0.3 is 7.12 Å². The van der Waals surface area contributed by atoms with Gasteiger partial charge < -0.3 is 10.0 Å². The first-order chi connectivity index (χ1) is 17.1. The molecule has 0 aromatic heterocycles. The molecule has 0 bridgehead atoms. The molecule has 3 aromatic rings. The first-order valence-electron chi connectivity index (χ1n) is 13.8. The lowest BCUT2D eigenvalue weighted by atomic mass is 9.58. The van der Waals surface area contributed by atoms with Crippen molar-refractivity contribution in [2.24, 2.45) is 0 Å². The van der Waals surface area contributed by atoms with Crippen LogP contribution in [0.1, 0.15) is 109 Å². The molecule has 0 amide bonds. The van der Waals surface area contributed by atoms with Crippen LogP contribution in [0.15, 0.2) is 72.8 Å². The first-order valence-corrected chi connectivity index (χ1v) is 13.8. The summed E-state index contributed by atoms with van der Waals surface area (Å²) >= 11 is 0. The normalized spacial score (nSPS) is 13.1. The van der Waals surface area contributed by atoms with E-state index in [4.69, 9.17) is 0 Å². The van der Waals surface area contributed by atoms with E-state index in [9.17, 15) is 10.0 Å². The number of hydrogen-bond acceptors (Lipinski definition) is 2. The van der Waals surface area contributed by atoms with Crippen molar-refractivity contribution in [1.29, 1.82) is 0 Å². The summed E-state index contributed by atoms with van der Waals surface area (Å²) in [5.74, 6) is 0. The molecular formula is C34H47BO2. The van der Waals surface area contributed by atoms with E-state index in [2.05, 4.69) is 135 Å². The second-order valence-corrected chi connectivity index (χ2v) is 13.7. The smallest absolute Gasteiger partial charge is 0.427 e. The van der Waals surface area contributed by atoms with Crippen LogP contribution in [0.25, 0.3) is 0 Å². The maximum atomic E-state index is 9.87. The highest BCUT2D eigenvalue weighted by molar-refractivity contribution is 6.40. The van der Waals surface area contributed by atoms with E-state index >= 15 is 0 Å². The standard InChI is InChI=1S/C34H47BO2/c1-31(2,3)25-17-10-13-20-28(25)34(23-16-24-35(36)37,29-21-14-11-18-26(29)32(4,5)6)30-22-15-12-19-27(30)33(7,8)9/h10-15,17-22,36-37H,16,23-24H2,1-9H3. The highest BCUT2D eigenvalue weighted by atomic mass is 16.4. The Kier molecular flexibility index (Phi) is 8.52. The molecule has 0 fully saturated rings. The van der Waals surface area contributed by atoms with E-state index in [0.29, 0.717) is 12.7 Å². The third-order valence-electron chi connectivity index (χ3n) is 7.60. The van der Waals surface area contributed by atoms with Gasteiger partial charge in [0.1, 0.15) is 0 Å². The summed E-state index contributed by atoms with van der Waals surface area (Å²) in [4.78, 5) is 0. The first kappa shape index (κ1) is 29.2. The van der Waals surface area contributed by atoms with Crippen LogP contribution < -0.4 is 0 Å². The number of hydrogen-bond donors (Lipinski definition) is 2. The van der Waals surface area contributed by atoms with E-state index in [0.717, 1.165) is 6.42 Å². The van der Waals surface area contributed by atoms with Crippen LogP contribution in [0.4, 0.5) is 0 Å². The molecule has 0 spiro atoms. The fourth-order valence-corrected chi connectivity index (χ4v) is 5.92. The van der Waals surface area contributed by atoms with Gasteiger partial charge in [0.2, 0.25) is 0 Å². The Labute approximate surface area is 226 Å². The van der Waals surface area contributed by atoms with Crippen LogP contribution in [0.3, 0.4) is 0 Å². The molecule has 0 aliphatic heterocycles. The van der Waals surface area contributed by atoms with Crippen LogP contribution in [-0.4, -0.2) is 17.2 Å². The molecule has 2 nitrogen and oxygen atoms in total. The highest BCUT2D eigenvalue weighted by Gasteiger charge is 2.44. The Morgan fingerprint density at radius 1 is 0.486 bits per heavy atom. The lowest BCUT2D eigenvalue weighted by Gasteiger charge is -2.44. The van der Waals surface area contributed by atoms with Crippen LogP contribution in [0, 0.1) is 0 Å². The summed E-state index contributed by atoms with van der Waals surface area (Å²) in [5, 5.41) is 19.7. The van der Waals surface area contributed by atoms with Gasteiger partial charge in [0.05, 0.1) is 0 Å². The number of rotatable bonds is 7.